The summed E-state index contributed by atoms with van der Waals surface area (Å²) in [6.07, 6.45) is 3.28. The number of anilines is 1. The second kappa shape index (κ2) is 7.69. The van der Waals surface area contributed by atoms with Crippen molar-refractivity contribution in [3.8, 4) is 0 Å². The van der Waals surface area contributed by atoms with Crippen LogP contribution >= 0.6 is 11.8 Å². The van der Waals surface area contributed by atoms with Crippen molar-refractivity contribution in [2.45, 2.75) is 49.6 Å². The molecule has 1 saturated carbocycles. The van der Waals surface area contributed by atoms with Gasteiger partial charge in [-0.25, -0.2) is 0 Å². The fourth-order valence-corrected chi connectivity index (χ4v) is 5.95. The predicted octanol–water partition coefficient (Wildman–Crippen LogP) is 3.93. The van der Waals surface area contributed by atoms with Crippen molar-refractivity contribution >= 4 is 34.4 Å². The van der Waals surface area contributed by atoms with Crippen molar-refractivity contribution in [1.29, 1.82) is 0 Å². The van der Waals surface area contributed by atoms with E-state index in [9.17, 15) is 22.8 Å². The van der Waals surface area contributed by atoms with E-state index in [1.807, 2.05) is 0 Å². The van der Waals surface area contributed by atoms with Crippen LogP contribution in [0.15, 0.2) is 35.3 Å². The molecule has 4 atom stereocenters. The molecule has 164 valence electrons. The van der Waals surface area contributed by atoms with Crippen LogP contribution in [0.25, 0.3) is 0 Å². The van der Waals surface area contributed by atoms with E-state index in [0.29, 0.717) is 42.1 Å². The Labute approximate surface area is 182 Å². The molecule has 4 aliphatic rings. The second-order valence-corrected chi connectivity index (χ2v) is 9.76. The Morgan fingerprint density at radius 1 is 1.26 bits per heavy atom. The highest BCUT2D eigenvalue weighted by molar-refractivity contribution is 8.15. The maximum atomic E-state index is 13.2. The highest BCUT2D eigenvalue weighted by Crippen LogP contribution is 2.41. The molecule has 2 fully saturated rings. The molecule has 31 heavy (non-hydrogen) atoms. The Morgan fingerprint density at radius 2 is 2.10 bits per heavy atom. The predicted molar refractivity (Wildman–Crippen MR) is 113 cm³/mol. The number of amidine groups is 1. The summed E-state index contributed by atoms with van der Waals surface area (Å²) < 4.78 is 39.5. The molecule has 2 aliphatic heterocycles. The Hall–Kier alpha value is -2.29. The Bertz CT molecular complexity index is 991. The van der Waals surface area contributed by atoms with Gasteiger partial charge in [0, 0.05) is 18.7 Å². The van der Waals surface area contributed by atoms with Gasteiger partial charge in [0.25, 0.3) is 0 Å². The monoisotopic (exact) mass is 449 g/mol. The van der Waals surface area contributed by atoms with E-state index in [4.69, 9.17) is 4.99 Å². The van der Waals surface area contributed by atoms with Crippen LogP contribution in [0, 0.1) is 11.8 Å². The van der Waals surface area contributed by atoms with E-state index < -0.39 is 17.0 Å². The summed E-state index contributed by atoms with van der Waals surface area (Å²) in [5.41, 5.74) is 0.258. The van der Waals surface area contributed by atoms with Crippen molar-refractivity contribution in [3.63, 3.8) is 0 Å². The first-order valence-electron chi connectivity index (χ1n) is 10.5. The van der Waals surface area contributed by atoms with E-state index in [-0.39, 0.29) is 24.3 Å². The van der Waals surface area contributed by atoms with Crippen molar-refractivity contribution in [2.24, 2.45) is 16.8 Å². The number of carbonyl (C=O) groups excluding carboxylic acids is 2. The number of fused-ring (bicyclic) bond motifs is 3. The summed E-state index contributed by atoms with van der Waals surface area (Å²) >= 11 is 1.25. The summed E-state index contributed by atoms with van der Waals surface area (Å²) in [5, 5.41) is 2.71. The number of hydrogen-bond donors (Lipinski definition) is 1. The lowest BCUT2D eigenvalue weighted by molar-refractivity contribution is -0.137. The quantitative estimate of drug-likeness (QED) is 0.712. The molecule has 9 heteroatoms. The van der Waals surface area contributed by atoms with E-state index in [1.165, 1.54) is 22.7 Å². The highest BCUT2D eigenvalue weighted by Gasteiger charge is 2.39. The van der Waals surface area contributed by atoms with Crippen molar-refractivity contribution in [2.75, 3.05) is 11.4 Å². The minimum Gasteiger partial charge on any atom is -0.312 e. The van der Waals surface area contributed by atoms with Gasteiger partial charge in [0.2, 0.25) is 11.8 Å². The number of halogens is 3. The van der Waals surface area contributed by atoms with Crippen molar-refractivity contribution in [3.05, 3.63) is 41.5 Å². The Morgan fingerprint density at radius 3 is 2.81 bits per heavy atom. The van der Waals surface area contributed by atoms with Gasteiger partial charge in [0.1, 0.15) is 5.25 Å². The first-order valence-corrected chi connectivity index (χ1v) is 11.4. The average molecular weight is 449 g/mol. The van der Waals surface area contributed by atoms with Crippen LogP contribution in [0.3, 0.4) is 0 Å². The average Bonchev–Trinajstić information content (AvgIpc) is 3.43. The van der Waals surface area contributed by atoms with Crippen LogP contribution in [0.4, 0.5) is 18.9 Å². The molecule has 1 aromatic rings. The zero-order chi connectivity index (χ0) is 21.8. The molecule has 2 aliphatic carbocycles. The maximum Gasteiger partial charge on any atom is 0.416 e. The number of alkyl halides is 3. The topological polar surface area (TPSA) is 61.8 Å². The molecule has 4 unspecified atom stereocenters. The lowest BCUT2D eigenvalue weighted by Gasteiger charge is -2.30. The summed E-state index contributed by atoms with van der Waals surface area (Å²) in [6, 6.07) is 3.72. The number of hydrogen-bond acceptors (Lipinski definition) is 4. The van der Waals surface area contributed by atoms with Gasteiger partial charge in [-0.1, -0.05) is 30.0 Å². The van der Waals surface area contributed by atoms with Crippen LogP contribution in [0.2, 0.25) is 0 Å². The van der Waals surface area contributed by atoms with Crippen LogP contribution in [-0.2, 0) is 22.2 Å². The Kier molecular flexibility index (Phi) is 5.11. The minimum absolute atomic E-state index is 0.0676. The third kappa shape index (κ3) is 4.00. The van der Waals surface area contributed by atoms with Gasteiger partial charge in [-0.3, -0.25) is 14.6 Å². The highest BCUT2D eigenvalue weighted by atomic mass is 32.2. The molecule has 5 rings (SSSR count). The molecule has 2 bridgehead atoms. The molecule has 1 N–H and O–H groups in total. The summed E-state index contributed by atoms with van der Waals surface area (Å²) in [5.74, 6) is 0.386. The van der Waals surface area contributed by atoms with E-state index in [2.05, 4.69) is 17.5 Å². The molecule has 2 amide bonds. The van der Waals surface area contributed by atoms with Gasteiger partial charge < -0.3 is 10.2 Å². The van der Waals surface area contributed by atoms with Crippen molar-refractivity contribution < 1.29 is 22.8 Å². The molecule has 1 aromatic carbocycles. The molecule has 2 heterocycles. The lowest BCUT2D eigenvalue weighted by atomic mass is 9.98. The number of aryl methyl sites for hydroxylation is 1. The van der Waals surface area contributed by atoms with Crippen molar-refractivity contribution in [1.82, 2.24) is 5.32 Å². The van der Waals surface area contributed by atoms with Crippen LogP contribution in [0.5, 0.6) is 0 Å². The third-order valence-corrected chi connectivity index (χ3v) is 7.59. The largest absolute Gasteiger partial charge is 0.416 e. The zero-order valence-corrected chi connectivity index (χ0v) is 17.5. The smallest absolute Gasteiger partial charge is 0.312 e. The molecule has 0 spiro atoms. The number of amides is 2. The number of aliphatic imine (C=N–C) groups is 1. The molecule has 5 nitrogen and oxygen atoms in total. The first kappa shape index (κ1) is 20.6. The fraction of sp³-hybridized carbons (Fsp3) is 0.500. The third-order valence-electron chi connectivity index (χ3n) is 6.50. The summed E-state index contributed by atoms with van der Waals surface area (Å²) in [6.45, 7) is 0.352. The van der Waals surface area contributed by atoms with Gasteiger partial charge in [-0.05, 0) is 55.2 Å². The van der Waals surface area contributed by atoms with Crippen LogP contribution in [0.1, 0.15) is 36.8 Å². The zero-order valence-electron chi connectivity index (χ0n) is 16.7. The number of nitrogens with zero attached hydrogens (tertiary/aromatic N) is 2. The molecule has 0 aromatic heterocycles. The minimum atomic E-state index is -4.47. The van der Waals surface area contributed by atoms with Gasteiger partial charge >= 0.3 is 6.18 Å². The van der Waals surface area contributed by atoms with E-state index in [1.54, 1.807) is 0 Å². The van der Waals surface area contributed by atoms with E-state index in [0.717, 1.165) is 30.5 Å². The standard InChI is InChI=1S/C22H22F3N3O2S/c23-22(24,25)15-6-5-13-2-1-7-28(17(13)10-15)19(29)11-18-20(30)27-21(31-18)26-16-9-12-3-4-14(16)8-12/h3-6,10,12,14,16,18H,1-2,7-9,11H2,(H,26,27,30). The van der Waals surface area contributed by atoms with E-state index >= 15 is 0 Å². The summed E-state index contributed by atoms with van der Waals surface area (Å²) in [4.78, 5) is 31.5. The summed E-state index contributed by atoms with van der Waals surface area (Å²) in [7, 11) is 0. The van der Waals surface area contributed by atoms with Gasteiger partial charge in [0.05, 0.1) is 11.6 Å². The lowest BCUT2D eigenvalue weighted by Crippen LogP contribution is -2.38. The molecular formula is C22H22F3N3O2S. The van der Waals surface area contributed by atoms with Crippen LogP contribution in [-0.4, -0.2) is 34.8 Å². The number of thioether (sulfide) groups is 1. The van der Waals surface area contributed by atoms with Gasteiger partial charge in [0.15, 0.2) is 5.17 Å². The van der Waals surface area contributed by atoms with Gasteiger partial charge in [-0.2, -0.15) is 13.2 Å². The number of benzene rings is 1. The SMILES string of the molecule is O=C1NC(=NC2CC3C=CC2C3)SC1CC(=O)N1CCCc2ccc(C(F)(F)F)cc21. The molecule has 0 radical (unpaired) electrons. The first-order chi connectivity index (χ1) is 14.8. The molecule has 1 saturated heterocycles. The maximum absolute atomic E-state index is 13.2. The fourth-order valence-electron chi connectivity index (χ4n) is 4.93. The number of carbonyl (C=O) groups is 2. The number of nitrogens with one attached hydrogen (secondary N) is 1. The molecular weight excluding hydrogens is 427 g/mol. The van der Waals surface area contributed by atoms with Crippen LogP contribution < -0.4 is 10.2 Å². The Balaban J connectivity index is 1.29. The normalized spacial score (nSPS) is 30.7. The number of rotatable bonds is 3. The second-order valence-electron chi connectivity index (χ2n) is 8.57. The van der Waals surface area contributed by atoms with Gasteiger partial charge in [-0.15, -0.1) is 0 Å². The number of allylic oxidation sites excluding steroid dienone is 1.